The number of rotatable bonds is 6. The summed E-state index contributed by atoms with van der Waals surface area (Å²) in [6, 6.07) is 4.47. The molecular weight excluding hydrogens is 474 g/mol. The summed E-state index contributed by atoms with van der Waals surface area (Å²) in [5.74, 6) is -4.49. The summed E-state index contributed by atoms with van der Waals surface area (Å²) < 4.78 is 79.9. The fraction of sp³-hybridized carbons (Fsp3) is 0.381. The van der Waals surface area contributed by atoms with Crippen molar-refractivity contribution in [1.29, 1.82) is 0 Å². The lowest BCUT2D eigenvalue weighted by Gasteiger charge is -2.37. The first-order chi connectivity index (χ1) is 15.5. The molecule has 0 atom stereocenters. The van der Waals surface area contributed by atoms with Crippen LogP contribution in [0.3, 0.4) is 0 Å². The van der Waals surface area contributed by atoms with Gasteiger partial charge in [-0.1, -0.05) is 17.7 Å². The van der Waals surface area contributed by atoms with Gasteiger partial charge in [-0.3, -0.25) is 9.69 Å². The van der Waals surface area contributed by atoms with E-state index in [1.165, 1.54) is 12.1 Å². The molecule has 1 heterocycles. The first-order valence-corrected chi connectivity index (χ1v) is 10.4. The summed E-state index contributed by atoms with van der Waals surface area (Å²) in [6.07, 6.45) is -5.18. The van der Waals surface area contributed by atoms with E-state index < -0.39 is 41.5 Å². The Morgan fingerprint density at radius 1 is 1.06 bits per heavy atom. The molecule has 33 heavy (non-hydrogen) atoms. The third-order valence-electron chi connectivity index (χ3n) is 5.34. The lowest BCUT2D eigenvalue weighted by molar-refractivity contribution is -0.138. The molecule has 180 valence electrons. The number of amides is 1. The topological polar surface area (TPSA) is 61.6 Å². The smallest absolute Gasteiger partial charge is 0.367 e. The molecule has 1 amide bonds. The number of hydrogen-bond acceptors (Lipinski definition) is 4. The Kier molecular flexibility index (Phi) is 7.76. The number of alkyl halides is 3. The first kappa shape index (κ1) is 25.1. The minimum atomic E-state index is -4.25. The summed E-state index contributed by atoms with van der Waals surface area (Å²) in [5, 5.41) is 2.14. The molecule has 1 fully saturated rings. The van der Waals surface area contributed by atoms with Gasteiger partial charge in [0, 0.05) is 50.9 Å². The molecule has 0 aromatic heterocycles. The van der Waals surface area contributed by atoms with Crippen LogP contribution in [0, 0.1) is 17.5 Å². The van der Waals surface area contributed by atoms with E-state index in [-0.39, 0.29) is 42.5 Å². The highest BCUT2D eigenvalue weighted by Gasteiger charge is 2.29. The van der Waals surface area contributed by atoms with Crippen LogP contribution in [0.4, 0.5) is 37.7 Å². The van der Waals surface area contributed by atoms with Crippen molar-refractivity contribution in [2.24, 2.45) is 5.73 Å². The highest BCUT2D eigenvalue weighted by atomic mass is 35.5. The molecule has 3 rings (SSSR count). The minimum Gasteiger partial charge on any atom is -0.367 e. The Bertz CT molecular complexity index is 1020. The van der Waals surface area contributed by atoms with Crippen molar-refractivity contribution in [1.82, 2.24) is 4.90 Å². The van der Waals surface area contributed by atoms with Gasteiger partial charge in [-0.25, -0.2) is 13.2 Å². The summed E-state index contributed by atoms with van der Waals surface area (Å²) in [5.41, 5.74) is 4.90. The van der Waals surface area contributed by atoms with Crippen LogP contribution in [0.15, 0.2) is 24.3 Å². The van der Waals surface area contributed by atoms with Crippen LogP contribution in [-0.4, -0.2) is 49.7 Å². The summed E-state index contributed by atoms with van der Waals surface area (Å²) in [6.45, 7) is 0.784. The largest absolute Gasteiger partial charge is 0.390 e. The van der Waals surface area contributed by atoms with Crippen LogP contribution in [0.5, 0.6) is 0 Å². The van der Waals surface area contributed by atoms with Gasteiger partial charge in [0.05, 0.1) is 28.4 Å². The molecule has 2 aromatic carbocycles. The molecule has 0 radical (unpaired) electrons. The molecule has 1 aliphatic heterocycles. The lowest BCUT2D eigenvalue weighted by Crippen LogP contribution is -2.47. The molecule has 1 aliphatic rings. The zero-order valence-corrected chi connectivity index (χ0v) is 18.0. The normalized spacial score (nSPS) is 15.1. The van der Waals surface area contributed by atoms with E-state index in [2.05, 4.69) is 5.32 Å². The van der Waals surface area contributed by atoms with Gasteiger partial charge in [-0.2, -0.15) is 13.2 Å². The molecule has 0 spiro atoms. The second kappa shape index (κ2) is 10.2. The summed E-state index contributed by atoms with van der Waals surface area (Å²) in [4.78, 5) is 16.0. The van der Waals surface area contributed by atoms with Gasteiger partial charge in [-0.15, -0.1) is 0 Å². The second-order valence-electron chi connectivity index (χ2n) is 7.54. The predicted octanol–water partition coefficient (Wildman–Crippen LogP) is 4.54. The van der Waals surface area contributed by atoms with E-state index in [9.17, 15) is 31.1 Å². The zero-order chi connectivity index (χ0) is 24.3. The van der Waals surface area contributed by atoms with Crippen LogP contribution < -0.4 is 16.0 Å². The standard InChI is InChI=1S/C21H21ClF6N4O/c22-14-9-17(32-7-5-31(6-8-32)4-3-21(26,27)28)16(10-15(14)23)30-20(33)13-2-1-12(11-29)18(24)19(13)25/h1-2,9-10H,3-8,11,29H2,(H,30,33). The predicted molar refractivity (Wildman–Crippen MR) is 113 cm³/mol. The van der Waals surface area contributed by atoms with Crippen molar-refractivity contribution < 1.29 is 31.1 Å². The monoisotopic (exact) mass is 494 g/mol. The van der Waals surface area contributed by atoms with Gasteiger partial charge < -0.3 is 16.0 Å². The number of halogens is 7. The third-order valence-corrected chi connectivity index (χ3v) is 5.63. The van der Waals surface area contributed by atoms with E-state index in [0.717, 1.165) is 12.1 Å². The van der Waals surface area contributed by atoms with Crippen LogP contribution in [0.25, 0.3) is 0 Å². The zero-order valence-electron chi connectivity index (χ0n) is 17.3. The van der Waals surface area contributed by atoms with Gasteiger partial charge in [0.1, 0.15) is 5.82 Å². The van der Waals surface area contributed by atoms with E-state index in [0.29, 0.717) is 18.8 Å². The number of nitrogens with one attached hydrogen (secondary N) is 1. The molecule has 1 saturated heterocycles. The van der Waals surface area contributed by atoms with Gasteiger partial charge in [0.2, 0.25) is 0 Å². The number of piperazine rings is 1. The van der Waals surface area contributed by atoms with Gasteiger partial charge in [0.15, 0.2) is 11.6 Å². The molecular formula is C21H21ClF6N4O. The molecule has 3 N–H and O–H groups in total. The van der Waals surface area contributed by atoms with Crippen molar-refractivity contribution in [3.63, 3.8) is 0 Å². The Morgan fingerprint density at radius 2 is 1.73 bits per heavy atom. The van der Waals surface area contributed by atoms with E-state index in [1.54, 1.807) is 9.80 Å². The maximum Gasteiger partial charge on any atom is 0.390 e. The van der Waals surface area contributed by atoms with Crippen molar-refractivity contribution in [2.45, 2.75) is 19.1 Å². The molecule has 5 nitrogen and oxygen atoms in total. The maximum atomic E-state index is 14.3. The van der Waals surface area contributed by atoms with Crippen molar-refractivity contribution in [3.05, 3.63) is 57.9 Å². The Labute approximate surface area is 191 Å². The molecule has 12 heteroatoms. The van der Waals surface area contributed by atoms with Crippen molar-refractivity contribution in [3.8, 4) is 0 Å². The Balaban J connectivity index is 1.79. The number of carbonyl (C=O) groups is 1. The van der Waals surface area contributed by atoms with Gasteiger partial charge >= 0.3 is 6.18 Å². The first-order valence-electron chi connectivity index (χ1n) is 10.0. The minimum absolute atomic E-state index is 0.0339. The number of carbonyl (C=O) groups excluding carboxylic acids is 1. The fourth-order valence-electron chi connectivity index (χ4n) is 3.51. The maximum absolute atomic E-state index is 14.3. The van der Waals surface area contributed by atoms with Crippen LogP contribution >= 0.6 is 11.6 Å². The number of hydrogen-bond donors (Lipinski definition) is 2. The molecule has 0 unspecified atom stereocenters. The fourth-order valence-corrected chi connectivity index (χ4v) is 3.67. The molecule has 0 aliphatic carbocycles. The van der Waals surface area contributed by atoms with Gasteiger partial charge in [0.25, 0.3) is 5.91 Å². The highest BCUT2D eigenvalue weighted by Crippen LogP contribution is 2.33. The molecule has 0 saturated carbocycles. The van der Waals surface area contributed by atoms with Crippen LogP contribution in [-0.2, 0) is 6.54 Å². The van der Waals surface area contributed by atoms with Crippen molar-refractivity contribution >= 4 is 28.9 Å². The summed E-state index contributed by atoms with van der Waals surface area (Å²) in [7, 11) is 0. The number of benzene rings is 2. The molecule has 2 aromatic rings. The van der Waals surface area contributed by atoms with E-state index in [4.69, 9.17) is 17.3 Å². The van der Waals surface area contributed by atoms with E-state index >= 15 is 0 Å². The quantitative estimate of drug-likeness (QED) is 0.579. The SMILES string of the molecule is NCc1ccc(C(=O)Nc2cc(F)c(Cl)cc2N2CCN(CCC(F)(F)F)CC2)c(F)c1F. The van der Waals surface area contributed by atoms with Crippen LogP contribution in [0.1, 0.15) is 22.3 Å². The number of nitrogens with two attached hydrogens (primary N) is 1. The lowest BCUT2D eigenvalue weighted by atomic mass is 10.1. The average molecular weight is 495 g/mol. The Morgan fingerprint density at radius 3 is 2.33 bits per heavy atom. The number of anilines is 2. The summed E-state index contributed by atoms with van der Waals surface area (Å²) >= 11 is 5.90. The Hall–Kier alpha value is -2.50. The van der Waals surface area contributed by atoms with Gasteiger partial charge in [-0.05, 0) is 12.1 Å². The second-order valence-corrected chi connectivity index (χ2v) is 7.94. The van der Waals surface area contributed by atoms with Crippen LogP contribution in [0.2, 0.25) is 5.02 Å². The van der Waals surface area contributed by atoms with E-state index in [1.807, 2.05) is 0 Å². The van der Waals surface area contributed by atoms with Crippen molar-refractivity contribution in [2.75, 3.05) is 42.9 Å². The molecule has 0 bridgehead atoms. The third kappa shape index (κ3) is 6.10. The highest BCUT2D eigenvalue weighted by molar-refractivity contribution is 6.31. The number of nitrogens with zero attached hydrogens (tertiary/aromatic N) is 2. The average Bonchev–Trinajstić information content (AvgIpc) is 2.76.